The predicted octanol–water partition coefficient (Wildman–Crippen LogP) is 3.77. The monoisotopic (exact) mass is 358 g/mol. The van der Waals surface area contributed by atoms with Crippen LogP contribution in [0.4, 0.5) is 13.6 Å². The van der Waals surface area contributed by atoms with E-state index in [1.807, 2.05) is 28.8 Å². The Morgan fingerprint density at radius 2 is 2.00 bits per heavy atom. The molecule has 1 heterocycles. The lowest BCUT2D eigenvalue weighted by Gasteiger charge is -2.15. The second-order valence-corrected chi connectivity index (χ2v) is 6.08. The van der Waals surface area contributed by atoms with Gasteiger partial charge in [-0.05, 0) is 43.2 Å². The minimum absolute atomic E-state index is 0.349. The zero-order chi connectivity index (χ0) is 18.5. The Hall–Kier alpha value is -2.96. The van der Waals surface area contributed by atoms with Crippen molar-refractivity contribution in [2.45, 2.75) is 25.9 Å². The SMILES string of the molecule is CC(NC(=O)NCCCn1cnc2ccccc21)c1ccc(F)c(F)c1. The molecule has 0 bridgehead atoms. The molecule has 1 aromatic heterocycles. The van der Waals surface area contributed by atoms with Gasteiger partial charge in [-0.25, -0.2) is 18.6 Å². The van der Waals surface area contributed by atoms with Crippen molar-refractivity contribution < 1.29 is 13.6 Å². The minimum Gasteiger partial charge on any atom is -0.338 e. The molecule has 0 saturated carbocycles. The van der Waals surface area contributed by atoms with E-state index in [2.05, 4.69) is 15.6 Å². The van der Waals surface area contributed by atoms with Crippen LogP contribution in [-0.4, -0.2) is 22.1 Å². The van der Waals surface area contributed by atoms with Crippen molar-refractivity contribution >= 4 is 17.1 Å². The summed E-state index contributed by atoms with van der Waals surface area (Å²) in [5.41, 5.74) is 2.51. The number of nitrogens with zero attached hydrogens (tertiary/aromatic N) is 2. The molecule has 7 heteroatoms. The van der Waals surface area contributed by atoms with Crippen molar-refractivity contribution in [3.8, 4) is 0 Å². The number of benzene rings is 2. The third-order valence-electron chi connectivity index (χ3n) is 4.18. The van der Waals surface area contributed by atoms with E-state index in [0.717, 1.165) is 36.1 Å². The van der Waals surface area contributed by atoms with Crippen LogP contribution in [0.2, 0.25) is 0 Å². The van der Waals surface area contributed by atoms with Gasteiger partial charge in [0.2, 0.25) is 0 Å². The van der Waals surface area contributed by atoms with E-state index < -0.39 is 17.7 Å². The molecule has 0 saturated heterocycles. The molecule has 1 atom stereocenters. The maximum absolute atomic E-state index is 13.3. The first kappa shape index (κ1) is 17.8. The van der Waals surface area contributed by atoms with Gasteiger partial charge in [0.25, 0.3) is 0 Å². The summed E-state index contributed by atoms with van der Waals surface area (Å²) in [6.07, 6.45) is 2.53. The molecule has 2 N–H and O–H groups in total. The quantitative estimate of drug-likeness (QED) is 0.659. The van der Waals surface area contributed by atoms with Gasteiger partial charge in [0.15, 0.2) is 11.6 Å². The number of carbonyl (C=O) groups excluding carboxylic acids is 1. The summed E-state index contributed by atoms with van der Waals surface area (Å²) >= 11 is 0. The van der Waals surface area contributed by atoms with E-state index in [9.17, 15) is 13.6 Å². The molecule has 136 valence electrons. The fraction of sp³-hybridized carbons (Fsp3) is 0.263. The number of para-hydroxylation sites is 2. The van der Waals surface area contributed by atoms with Gasteiger partial charge in [-0.15, -0.1) is 0 Å². The summed E-state index contributed by atoms with van der Waals surface area (Å²) < 4.78 is 28.3. The first-order valence-corrected chi connectivity index (χ1v) is 8.44. The number of halogens is 2. The molecule has 1 unspecified atom stereocenters. The third-order valence-corrected chi connectivity index (χ3v) is 4.18. The molecule has 2 aromatic carbocycles. The van der Waals surface area contributed by atoms with Gasteiger partial charge in [0, 0.05) is 13.1 Å². The van der Waals surface area contributed by atoms with E-state index in [0.29, 0.717) is 12.1 Å². The Morgan fingerprint density at radius 3 is 2.81 bits per heavy atom. The van der Waals surface area contributed by atoms with Gasteiger partial charge >= 0.3 is 6.03 Å². The van der Waals surface area contributed by atoms with Crippen LogP contribution in [0.1, 0.15) is 24.9 Å². The zero-order valence-corrected chi connectivity index (χ0v) is 14.4. The van der Waals surface area contributed by atoms with Crippen LogP contribution in [0.5, 0.6) is 0 Å². The number of aryl methyl sites for hydroxylation is 1. The number of aromatic nitrogens is 2. The van der Waals surface area contributed by atoms with Crippen molar-refractivity contribution in [1.29, 1.82) is 0 Å². The first-order chi connectivity index (χ1) is 12.5. The van der Waals surface area contributed by atoms with Crippen LogP contribution in [0.15, 0.2) is 48.8 Å². The highest BCUT2D eigenvalue weighted by molar-refractivity contribution is 5.75. The Bertz CT molecular complexity index is 909. The Morgan fingerprint density at radius 1 is 1.19 bits per heavy atom. The van der Waals surface area contributed by atoms with Crippen LogP contribution in [0.25, 0.3) is 11.0 Å². The highest BCUT2D eigenvalue weighted by Gasteiger charge is 2.11. The molecule has 3 aromatic rings. The average molecular weight is 358 g/mol. The maximum Gasteiger partial charge on any atom is 0.315 e. The number of rotatable bonds is 6. The molecular formula is C19H20F2N4O. The molecule has 0 spiro atoms. The molecule has 3 rings (SSSR count). The fourth-order valence-electron chi connectivity index (χ4n) is 2.75. The second kappa shape index (κ2) is 7.95. The van der Waals surface area contributed by atoms with Gasteiger partial charge in [0.1, 0.15) is 0 Å². The smallest absolute Gasteiger partial charge is 0.315 e. The van der Waals surface area contributed by atoms with Crippen LogP contribution < -0.4 is 10.6 Å². The first-order valence-electron chi connectivity index (χ1n) is 8.44. The van der Waals surface area contributed by atoms with Crippen molar-refractivity contribution in [3.63, 3.8) is 0 Å². The van der Waals surface area contributed by atoms with Crippen molar-refractivity contribution in [1.82, 2.24) is 20.2 Å². The predicted molar refractivity (Wildman–Crippen MR) is 95.7 cm³/mol. The normalized spacial score (nSPS) is 12.1. The number of imidazole rings is 1. The summed E-state index contributed by atoms with van der Waals surface area (Å²) in [4.78, 5) is 16.3. The van der Waals surface area contributed by atoms with Gasteiger partial charge in [-0.3, -0.25) is 0 Å². The molecule has 0 aliphatic heterocycles. The van der Waals surface area contributed by atoms with E-state index in [1.54, 1.807) is 13.3 Å². The summed E-state index contributed by atoms with van der Waals surface area (Å²) in [6, 6.07) is 10.7. The Balaban J connectivity index is 1.44. The number of fused-ring (bicyclic) bond motifs is 1. The zero-order valence-electron chi connectivity index (χ0n) is 14.4. The van der Waals surface area contributed by atoms with Gasteiger partial charge in [-0.1, -0.05) is 18.2 Å². The lowest BCUT2D eigenvalue weighted by molar-refractivity contribution is 0.237. The van der Waals surface area contributed by atoms with Crippen LogP contribution >= 0.6 is 0 Å². The second-order valence-electron chi connectivity index (χ2n) is 6.08. The Labute approximate surface area is 150 Å². The van der Waals surface area contributed by atoms with E-state index in [-0.39, 0.29) is 6.03 Å². The van der Waals surface area contributed by atoms with Crippen LogP contribution in [-0.2, 0) is 6.54 Å². The number of hydrogen-bond acceptors (Lipinski definition) is 2. The largest absolute Gasteiger partial charge is 0.338 e. The van der Waals surface area contributed by atoms with Gasteiger partial charge in [0.05, 0.1) is 23.4 Å². The summed E-state index contributed by atoms with van der Waals surface area (Å²) in [5.74, 6) is -1.83. The number of hydrogen-bond donors (Lipinski definition) is 2. The van der Waals surface area contributed by atoms with E-state index >= 15 is 0 Å². The van der Waals surface area contributed by atoms with Crippen LogP contribution in [0, 0.1) is 11.6 Å². The van der Waals surface area contributed by atoms with Crippen molar-refractivity contribution in [3.05, 3.63) is 66.0 Å². The topological polar surface area (TPSA) is 59.0 Å². The molecule has 26 heavy (non-hydrogen) atoms. The molecular weight excluding hydrogens is 338 g/mol. The minimum atomic E-state index is -0.927. The lowest BCUT2D eigenvalue weighted by atomic mass is 10.1. The molecule has 5 nitrogen and oxygen atoms in total. The molecule has 0 aliphatic carbocycles. The lowest BCUT2D eigenvalue weighted by Crippen LogP contribution is -2.37. The van der Waals surface area contributed by atoms with Crippen molar-refractivity contribution in [2.24, 2.45) is 0 Å². The molecule has 0 radical (unpaired) electrons. The number of amides is 2. The third kappa shape index (κ3) is 4.17. The molecule has 0 fully saturated rings. The maximum atomic E-state index is 13.3. The van der Waals surface area contributed by atoms with Crippen LogP contribution in [0.3, 0.4) is 0 Å². The van der Waals surface area contributed by atoms with Crippen molar-refractivity contribution in [2.75, 3.05) is 6.54 Å². The average Bonchev–Trinajstić information content (AvgIpc) is 3.04. The molecule has 2 amide bonds. The molecule has 0 aliphatic rings. The summed E-state index contributed by atoms with van der Waals surface area (Å²) in [7, 11) is 0. The summed E-state index contributed by atoms with van der Waals surface area (Å²) in [6.45, 7) is 2.94. The van der Waals surface area contributed by atoms with Gasteiger partial charge < -0.3 is 15.2 Å². The number of nitrogens with one attached hydrogen (secondary N) is 2. The fourth-order valence-corrected chi connectivity index (χ4v) is 2.75. The highest BCUT2D eigenvalue weighted by atomic mass is 19.2. The number of carbonyl (C=O) groups is 1. The van der Waals surface area contributed by atoms with Gasteiger partial charge in [-0.2, -0.15) is 0 Å². The standard InChI is InChI=1S/C19H20F2N4O/c1-13(14-7-8-15(20)16(21)11-14)24-19(26)22-9-4-10-25-12-23-17-5-2-3-6-18(17)25/h2-3,5-8,11-13H,4,9-10H2,1H3,(H2,22,24,26). The van der Waals surface area contributed by atoms with E-state index in [4.69, 9.17) is 0 Å². The van der Waals surface area contributed by atoms with E-state index in [1.165, 1.54) is 6.07 Å². The summed E-state index contributed by atoms with van der Waals surface area (Å²) in [5, 5.41) is 5.48. The highest BCUT2D eigenvalue weighted by Crippen LogP contribution is 2.16. The number of urea groups is 1. The Kier molecular flexibility index (Phi) is 5.46.